The van der Waals surface area contributed by atoms with Gasteiger partial charge in [0.05, 0.1) is 11.0 Å². The van der Waals surface area contributed by atoms with Gasteiger partial charge in [0.15, 0.2) is 0 Å². The molecule has 1 N–H and O–H groups in total. The first-order valence-electron chi connectivity index (χ1n) is 6.89. The van der Waals surface area contributed by atoms with Gasteiger partial charge in [-0.3, -0.25) is 10.1 Å². The van der Waals surface area contributed by atoms with Crippen LogP contribution in [0.3, 0.4) is 0 Å². The highest BCUT2D eigenvalue weighted by molar-refractivity contribution is 7.14. The fourth-order valence-electron chi connectivity index (χ4n) is 2.09. The van der Waals surface area contributed by atoms with Crippen LogP contribution in [0.4, 0.5) is 5.69 Å². The maximum absolute atomic E-state index is 10.9. The molecule has 2 aromatic rings. The number of benzene rings is 1. The van der Waals surface area contributed by atoms with E-state index in [2.05, 4.69) is 29.4 Å². The van der Waals surface area contributed by atoms with Crippen LogP contribution in [-0.4, -0.2) is 21.7 Å². The van der Waals surface area contributed by atoms with Gasteiger partial charge in [0, 0.05) is 17.7 Å². The topological polar surface area (TPSA) is 81.0 Å². The number of nitro benzene ring substituents is 1. The zero-order chi connectivity index (χ0) is 15.4. The van der Waals surface area contributed by atoms with Gasteiger partial charge in [0.25, 0.3) is 5.69 Å². The van der Waals surface area contributed by atoms with Crippen molar-refractivity contribution in [3.05, 3.63) is 38.9 Å². The summed E-state index contributed by atoms with van der Waals surface area (Å²) in [6.45, 7) is 6.92. The van der Waals surface area contributed by atoms with Gasteiger partial charge in [0.2, 0.25) is 0 Å². The smallest absolute Gasteiger partial charge is 0.270 e. The third-order valence-corrected chi connectivity index (χ3v) is 4.33. The normalized spacial score (nSPS) is 12.3. The van der Waals surface area contributed by atoms with Crippen LogP contribution in [0.2, 0.25) is 0 Å². The van der Waals surface area contributed by atoms with Gasteiger partial charge in [-0.2, -0.15) is 0 Å². The second-order valence-corrected chi connectivity index (χ2v) is 5.73. The molecular formula is C14H18N4O2S. The molecular weight excluding hydrogens is 288 g/mol. The Kier molecular flexibility index (Phi) is 4.98. The van der Waals surface area contributed by atoms with E-state index in [1.165, 1.54) is 17.4 Å². The zero-order valence-corrected chi connectivity index (χ0v) is 13.1. The molecule has 0 saturated carbocycles. The molecule has 0 fully saturated rings. The van der Waals surface area contributed by atoms with Crippen LogP contribution in [0.5, 0.6) is 0 Å². The van der Waals surface area contributed by atoms with Crippen molar-refractivity contribution >= 4 is 17.0 Å². The summed E-state index contributed by atoms with van der Waals surface area (Å²) in [6, 6.07) is 5.00. The Morgan fingerprint density at radius 1 is 1.38 bits per heavy atom. The summed E-state index contributed by atoms with van der Waals surface area (Å²) in [6.07, 6.45) is 0.927. The summed E-state index contributed by atoms with van der Waals surface area (Å²) < 4.78 is 0. The number of nitro groups is 1. The minimum atomic E-state index is -0.391. The fourth-order valence-corrected chi connectivity index (χ4v) is 3.17. The van der Waals surface area contributed by atoms with Crippen molar-refractivity contribution in [3.63, 3.8) is 0 Å². The van der Waals surface area contributed by atoms with Gasteiger partial charge in [-0.25, -0.2) is 0 Å². The van der Waals surface area contributed by atoms with Crippen molar-refractivity contribution in [2.45, 2.75) is 33.2 Å². The first-order chi connectivity index (χ1) is 10.1. The van der Waals surface area contributed by atoms with Gasteiger partial charge in [-0.1, -0.05) is 31.3 Å². The molecule has 0 saturated heterocycles. The molecule has 0 aliphatic rings. The molecule has 0 amide bonds. The number of hydrogen-bond donors (Lipinski definition) is 1. The number of rotatable bonds is 6. The third kappa shape index (κ3) is 3.43. The van der Waals surface area contributed by atoms with E-state index < -0.39 is 4.92 Å². The lowest BCUT2D eigenvalue weighted by molar-refractivity contribution is -0.384. The summed E-state index contributed by atoms with van der Waals surface area (Å²) in [5, 5.41) is 24.3. The lowest BCUT2D eigenvalue weighted by atomic mass is 10.1. The maximum atomic E-state index is 10.9. The van der Waals surface area contributed by atoms with Gasteiger partial charge in [-0.15, -0.1) is 10.2 Å². The van der Waals surface area contributed by atoms with Crippen LogP contribution in [0.1, 0.15) is 36.9 Å². The molecule has 0 spiro atoms. The molecule has 0 radical (unpaired) electrons. The molecule has 1 aromatic carbocycles. The molecule has 1 atom stereocenters. The van der Waals surface area contributed by atoms with Crippen LogP contribution in [0.25, 0.3) is 10.6 Å². The van der Waals surface area contributed by atoms with Crippen molar-refractivity contribution in [2.24, 2.45) is 0 Å². The highest BCUT2D eigenvalue weighted by Crippen LogP contribution is 2.32. The summed E-state index contributed by atoms with van der Waals surface area (Å²) in [5.41, 5.74) is 1.81. The molecule has 0 aliphatic carbocycles. The first kappa shape index (κ1) is 15.5. The Balaban J connectivity index is 2.37. The average Bonchev–Trinajstić information content (AvgIpc) is 2.94. The van der Waals surface area contributed by atoms with Gasteiger partial charge >= 0.3 is 0 Å². The highest BCUT2D eigenvalue weighted by atomic mass is 32.1. The third-order valence-electron chi connectivity index (χ3n) is 3.26. The quantitative estimate of drug-likeness (QED) is 0.652. The maximum Gasteiger partial charge on any atom is 0.270 e. The van der Waals surface area contributed by atoms with E-state index in [1.54, 1.807) is 12.1 Å². The van der Waals surface area contributed by atoms with Crippen LogP contribution in [0, 0.1) is 17.0 Å². The van der Waals surface area contributed by atoms with Gasteiger partial charge in [-0.05, 0) is 25.5 Å². The molecule has 1 unspecified atom stereocenters. The number of nitrogens with zero attached hydrogens (tertiary/aromatic N) is 3. The van der Waals surface area contributed by atoms with Crippen molar-refractivity contribution in [3.8, 4) is 10.6 Å². The number of aromatic nitrogens is 2. The minimum Gasteiger partial charge on any atom is -0.308 e. The van der Waals surface area contributed by atoms with E-state index in [0.29, 0.717) is 0 Å². The van der Waals surface area contributed by atoms with Gasteiger partial charge in [0.1, 0.15) is 10.0 Å². The molecule has 21 heavy (non-hydrogen) atoms. The SMILES string of the molecule is CCNC(CC)c1nnc(-c2cc([N+](=O)[O-])ccc2C)s1. The second kappa shape index (κ2) is 6.73. The zero-order valence-electron chi connectivity index (χ0n) is 12.3. The van der Waals surface area contributed by atoms with Crippen molar-refractivity contribution < 1.29 is 4.92 Å². The lowest BCUT2D eigenvalue weighted by Gasteiger charge is -2.11. The van der Waals surface area contributed by atoms with Crippen LogP contribution in [-0.2, 0) is 0 Å². The Morgan fingerprint density at radius 3 is 2.76 bits per heavy atom. The molecule has 0 aliphatic heterocycles. The van der Waals surface area contributed by atoms with E-state index >= 15 is 0 Å². The van der Waals surface area contributed by atoms with E-state index in [4.69, 9.17) is 0 Å². The summed E-state index contributed by atoms with van der Waals surface area (Å²) in [7, 11) is 0. The average molecular weight is 306 g/mol. The fraction of sp³-hybridized carbons (Fsp3) is 0.429. The van der Waals surface area contributed by atoms with Crippen molar-refractivity contribution in [1.82, 2.24) is 15.5 Å². The van der Waals surface area contributed by atoms with Gasteiger partial charge < -0.3 is 5.32 Å². The molecule has 7 heteroatoms. The number of hydrogen-bond acceptors (Lipinski definition) is 6. The predicted molar refractivity (Wildman–Crippen MR) is 83.4 cm³/mol. The van der Waals surface area contributed by atoms with E-state index in [-0.39, 0.29) is 11.7 Å². The molecule has 1 heterocycles. The van der Waals surface area contributed by atoms with Crippen LogP contribution in [0.15, 0.2) is 18.2 Å². The molecule has 6 nitrogen and oxygen atoms in total. The molecule has 0 bridgehead atoms. The number of non-ortho nitro benzene ring substituents is 1. The Bertz CT molecular complexity index is 642. The number of aryl methyl sites for hydroxylation is 1. The van der Waals surface area contributed by atoms with E-state index in [0.717, 1.165) is 34.1 Å². The summed E-state index contributed by atoms with van der Waals surface area (Å²) in [4.78, 5) is 10.5. The Labute approximate surface area is 127 Å². The lowest BCUT2D eigenvalue weighted by Crippen LogP contribution is -2.19. The van der Waals surface area contributed by atoms with E-state index in [9.17, 15) is 10.1 Å². The van der Waals surface area contributed by atoms with E-state index in [1.807, 2.05) is 6.92 Å². The standard InChI is InChI=1S/C14H18N4O2S/c1-4-12(15-5-2)14-17-16-13(21-14)11-8-10(18(19)20)7-6-9(11)3/h6-8,12,15H,4-5H2,1-3H3. The highest BCUT2D eigenvalue weighted by Gasteiger charge is 2.17. The monoisotopic (exact) mass is 306 g/mol. The van der Waals surface area contributed by atoms with Crippen molar-refractivity contribution in [1.29, 1.82) is 0 Å². The molecule has 2 rings (SSSR count). The first-order valence-corrected chi connectivity index (χ1v) is 7.70. The second-order valence-electron chi connectivity index (χ2n) is 4.72. The largest absolute Gasteiger partial charge is 0.308 e. The minimum absolute atomic E-state index is 0.0751. The van der Waals surface area contributed by atoms with Crippen LogP contribution >= 0.6 is 11.3 Å². The summed E-state index contributed by atoms with van der Waals surface area (Å²) in [5.74, 6) is 0. The molecule has 1 aromatic heterocycles. The Morgan fingerprint density at radius 2 is 2.14 bits per heavy atom. The number of nitrogens with one attached hydrogen (secondary N) is 1. The predicted octanol–water partition coefficient (Wildman–Crippen LogP) is 3.48. The summed E-state index contributed by atoms with van der Waals surface area (Å²) >= 11 is 1.49. The molecule has 112 valence electrons. The Hall–Kier alpha value is -1.86. The van der Waals surface area contributed by atoms with Crippen LogP contribution < -0.4 is 5.32 Å². The van der Waals surface area contributed by atoms with Crippen molar-refractivity contribution in [2.75, 3.05) is 6.54 Å².